The lowest BCUT2D eigenvalue weighted by atomic mass is 10.0. The fourth-order valence-corrected chi connectivity index (χ4v) is 6.69. The lowest BCUT2D eigenvalue weighted by Crippen LogP contribution is -2.37. The number of ether oxygens (including phenoxy) is 2. The van der Waals surface area contributed by atoms with Crippen molar-refractivity contribution in [1.82, 2.24) is 0 Å². The van der Waals surface area contributed by atoms with Crippen molar-refractivity contribution in [2.45, 2.75) is 193 Å². The molecule has 0 spiro atoms. The number of quaternary nitrogens is 1. The average molecular weight is 814 g/mol. The Labute approximate surface area is 343 Å². The van der Waals surface area contributed by atoms with Crippen LogP contribution in [0.5, 0.6) is 0 Å². The number of hydrogen-bond acceptors (Lipinski definition) is 9. The molecule has 0 fully saturated rings. The van der Waals surface area contributed by atoms with Crippen LogP contribution in [0.2, 0.25) is 0 Å². The molecule has 0 aromatic carbocycles. The Balaban J connectivity index is 4.52. The number of carbonyl (C=O) groups is 2. The zero-order valence-electron chi connectivity index (χ0n) is 36.4. The molecule has 10 nitrogen and oxygen atoms in total. The van der Waals surface area contributed by atoms with Crippen LogP contribution >= 0.6 is 7.82 Å². The second kappa shape index (κ2) is 37.5. The van der Waals surface area contributed by atoms with E-state index in [1.165, 1.54) is 103 Å². The molecular formula is C45H84NO9P. The van der Waals surface area contributed by atoms with E-state index in [4.69, 9.17) is 18.5 Å². The molecule has 0 rings (SSSR count). The SMILES string of the molecule is CCCCCCCC/C=C/C/C=C/C=C/C(O)CCCC(=O)OC[C@H](COP(=O)([O-])OCC[N+](C)(C)C)OC(=O)CCCCCCCCCCCCCCCC. The molecule has 328 valence electrons. The summed E-state index contributed by atoms with van der Waals surface area (Å²) in [5, 5.41) is 10.3. The monoisotopic (exact) mass is 814 g/mol. The van der Waals surface area contributed by atoms with Gasteiger partial charge < -0.3 is 33.0 Å². The van der Waals surface area contributed by atoms with Gasteiger partial charge >= 0.3 is 11.9 Å². The van der Waals surface area contributed by atoms with Crippen LogP contribution in [0.25, 0.3) is 0 Å². The van der Waals surface area contributed by atoms with Crippen molar-refractivity contribution in [2.24, 2.45) is 0 Å². The summed E-state index contributed by atoms with van der Waals surface area (Å²) < 4.78 is 33.7. The minimum Gasteiger partial charge on any atom is -0.756 e. The van der Waals surface area contributed by atoms with Crippen molar-refractivity contribution in [3.63, 3.8) is 0 Å². The first kappa shape index (κ1) is 54.2. The van der Waals surface area contributed by atoms with Gasteiger partial charge in [-0.2, -0.15) is 0 Å². The highest BCUT2D eigenvalue weighted by atomic mass is 31.2. The summed E-state index contributed by atoms with van der Waals surface area (Å²) >= 11 is 0. The minimum absolute atomic E-state index is 0.0545. The third kappa shape index (κ3) is 40.4. The lowest BCUT2D eigenvalue weighted by Gasteiger charge is -2.28. The Morgan fingerprint density at radius 2 is 1.20 bits per heavy atom. The van der Waals surface area contributed by atoms with Crippen LogP contribution in [-0.2, 0) is 32.7 Å². The van der Waals surface area contributed by atoms with E-state index in [9.17, 15) is 24.2 Å². The van der Waals surface area contributed by atoms with E-state index in [2.05, 4.69) is 26.0 Å². The van der Waals surface area contributed by atoms with Crippen molar-refractivity contribution in [3.8, 4) is 0 Å². The molecule has 0 aromatic rings. The van der Waals surface area contributed by atoms with Crippen LogP contribution in [0.3, 0.4) is 0 Å². The molecule has 0 amide bonds. The molecule has 0 radical (unpaired) electrons. The highest BCUT2D eigenvalue weighted by molar-refractivity contribution is 7.45. The van der Waals surface area contributed by atoms with E-state index in [1.54, 1.807) is 6.08 Å². The van der Waals surface area contributed by atoms with E-state index in [0.717, 1.165) is 32.1 Å². The van der Waals surface area contributed by atoms with Crippen LogP contribution in [0.15, 0.2) is 36.5 Å². The largest absolute Gasteiger partial charge is 0.756 e. The summed E-state index contributed by atoms with van der Waals surface area (Å²) in [7, 11) is 1.07. The van der Waals surface area contributed by atoms with Gasteiger partial charge in [-0.25, -0.2) is 0 Å². The van der Waals surface area contributed by atoms with Gasteiger partial charge in [-0.15, -0.1) is 0 Å². The summed E-state index contributed by atoms with van der Waals surface area (Å²) in [6.07, 6.45) is 37.7. The van der Waals surface area contributed by atoms with Crippen molar-refractivity contribution in [1.29, 1.82) is 0 Å². The van der Waals surface area contributed by atoms with Crippen molar-refractivity contribution in [2.75, 3.05) is 47.5 Å². The van der Waals surface area contributed by atoms with Gasteiger partial charge in [-0.3, -0.25) is 14.2 Å². The molecule has 0 aliphatic heterocycles. The number of nitrogens with zero attached hydrogens (tertiary/aromatic N) is 1. The quantitative estimate of drug-likeness (QED) is 0.0160. The van der Waals surface area contributed by atoms with Gasteiger partial charge in [-0.05, 0) is 38.5 Å². The smallest absolute Gasteiger partial charge is 0.306 e. The number of esters is 2. The van der Waals surface area contributed by atoms with Crippen LogP contribution < -0.4 is 4.89 Å². The van der Waals surface area contributed by atoms with Crippen molar-refractivity contribution < 1.29 is 47.2 Å². The number of aliphatic hydroxyl groups is 1. The van der Waals surface area contributed by atoms with Gasteiger partial charge in [0.1, 0.15) is 19.8 Å². The number of likely N-dealkylation sites (N-methyl/N-ethyl adjacent to an activating group) is 1. The topological polar surface area (TPSA) is 131 Å². The molecular weight excluding hydrogens is 729 g/mol. The highest BCUT2D eigenvalue weighted by Gasteiger charge is 2.22. The Hall–Kier alpha value is -1.81. The molecule has 0 aliphatic rings. The normalized spacial score (nSPS) is 14.5. The second-order valence-electron chi connectivity index (χ2n) is 16.3. The van der Waals surface area contributed by atoms with E-state index in [0.29, 0.717) is 30.3 Å². The number of aliphatic hydroxyl groups excluding tert-OH is 1. The standard InChI is InChI=1S/C45H84NO9P/c1-6-8-10-12-14-16-18-20-22-24-26-28-30-32-36-45(49)55-43(41-54-56(50,51)53-39-38-46(3,4)5)40-52-44(48)37-33-35-42(47)34-31-29-27-25-23-21-19-17-15-13-11-9-7-2/h21,23,27,29,31,34,42-43,47H,6-20,22,24-26,28,30,32-33,35-41H2,1-5H3/b23-21+,29-27+,34-31+/t42?,43-/m1/s1. The number of phosphoric ester groups is 1. The molecule has 0 saturated heterocycles. The molecule has 0 aliphatic carbocycles. The Bertz CT molecular complexity index is 1070. The first-order valence-electron chi connectivity index (χ1n) is 22.3. The first-order valence-corrected chi connectivity index (χ1v) is 23.8. The van der Waals surface area contributed by atoms with Crippen molar-refractivity contribution >= 4 is 19.8 Å². The molecule has 0 bridgehead atoms. The highest BCUT2D eigenvalue weighted by Crippen LogP contribution is 2.38. The third-order valence-electron chi connectivity index (χ3n) is 9.52. The van der Waals surface area contributed by atoms with Gasteiger partial charge in [0.15, 0.2) is 6.10 Å². The average Bonchev–Trinajstić information content (AvgIpc) is 3.14. The second-order valence-corrected chi connectivity index (χ2v) is 17.7. The van der Waals surface area contributed by atoms with E-state index >= 15 is 0 Å². The third-order valence-corrected chi connectivity index (χ3v) is 10.5. The number of carbonyl (C=O) groups excluding carboxylic acids is 2. The molecule has 11 heteroatoms. The van der Waals surface area contributed by atoms with Crippen LogP contribution in [0, 0.1) is 0 Å². The number of phosphoric acid groups is 1. The lowest BCUT2D eigenvalue weighted by molar-refractivity contribution is -0.870. The summed E-state index contributed by atoms with van der Waals surface area (Å²) in [6, 6.07) is 0. The van der Waals surface area contributed by atoms with Gasteiger partial charge in [0.05, 0.1) is 33.9 Å². The maximum Gasteiger partial charge on any atom is 0.306 e. The summed E-state index contributed by atoms with van der Waals surface area (Å²) in [5.41, 5.74) is 0. The Morgan fingerprint density at radius 3 is 1.77 bits per heavy atom. The molecule has 2 unspecified atom stereocenters. The van der Waals surface area contributed by atoms with Crippen LogP contribution in [0.1, 0.15) is 181 Å². The van der Waals surface area contributed by atoms with Gasteiger partial charge in [0.2, 0.25) is 0 Å². The van der Waals surface area contributed by atoms with Crippen molar-refractivity contribution in [3.05, 3.63) is 36.5 Å². The molecule has 3 atom stereocenters. The number of allylic oxidation sites excluding steroid dienone is 5. The maximum absolute atomic E-state index is 12.7. The van der Waals surface area contributed by atoms with E-state index in [-0.39, 0.29) is 26.1 Å². The molecule has 56 heavy (non-hydrogen) atoms. The van der Waals surface area contributed by atoms with Gasteiger partial charge in [0, 0.05) is 12.8 Å². The maximum atomic E-state index is 12.7. The fraction of sp³-hybridized carbons (Fsp3) is 0.822. The van der Waals surface area contributed by atoms with Gasteiger partial charge in [0.25, 0.3) is 7.82 Å². The minimum atomic E-state index is -4.66. The molecule has 1 N–H and O–H groups in total. The summed E-state index contributed by atoms with van der Waals surface area (Å²) in [5.74, 6) is -1.03. The fourth-order valence-electron chi connectivity index (χ4n) is 5.96. The molecule has 0 heterocycles. The van der Waals surface area contributed by atoms with Gasteiger partial charge in [-0.1, -0.05) is 166 Å². The van der Waals surface area contributed by atoms with Crippen LogP contribution in [-0.4, -0.2) is 81.2 Å². The predicted molar refractivity (Wildman–Crippen MR) is 228 cm³/mol. The predicted octanol–water partition coefficient (Wildman–Crippen LogP) is 10.9. The summed E-state index contributed by atoms with van der Waals surface area (Å²) in [4.78, 5) is 37.5. The zero-order valence-corrected chi connectivity index (χ0v) is 37.3. The first-order chi connectivity index (χ1) is 26.9. The zero-order chi connectivity index (χ0) is 41.6. The van der Waals surface area contributed by atoms with E-state index < -0.39 is 38.6 Å². The number of unbranched alkanes of at least 4 members (excludes halogenated alkanes) is 19. The number of rotatable bonds is 40. The summed E-state index contributed by atoms with van der Waals surface area (Å²) in [6.45, 7) is 4.01. The Kier molecular flexibility index (Phi) is 36.2. The van der Waals surface area contributed by atoms with E-state index in [1.807, 2.05) is 39.4 Å². The number of hydrogen-bond donors (Lipinski definition) is 1. The molecule has 0 aromatic heterocycles. The van der Waals surface area contributed by atoms with Crippen LogP contribution in [0.4, 0.5) is 0 Å². The molecule has 0 saturated carbocycles. The Morgan fingerprint density at radius 1 is 0.661 bits per heavy atom.